The van der Waals surface area contributed by atoms with Crippen LogP contribution in [0.1, 0.15) is 11.7 Å². The average molecular weight is 227 g/mol. The van der Waals surface area contributed by atoms with Crippen LogP contribution in [-0.2, 0) is 4.79 Å². The molecule has 4 nitrogen and oxygen atoms in total. The van der Waals surface area contributed by atoms with E-state index in [4.69, 9.17) is 5.73 Å². The first-order valence-electron chi connectivity index (χ1n) is 4.36. The van der Waals surface area contributed by atoms with Gasteiger partial charge in [-0.2, -0.15) is 0 Å². The molecular formula is C10H13NO3S. The van der Waals surface area contributed by atoms with Gasteiger partial charge in [0.25, 0.3) is 0 Å². The third kappa shape index (κ3) is 2.71. The van der Waals surface area contributed by atoms with Crippen molar-refractivity contribution in [3.05, 3.63) is 29.8 Å². The molecule has 1 aromatic carbocycles. The number of thioether (sulfide) groups is 1. The lowest BCUT2D eigenvalue weighted by Crippen LogP contribution is -2.34. The van der Waals surface area contributed by atoms with E-state index >= 15 is 0 Å². The molecule has 0 aromatic heterocycles. The van der Waals surface area contributed by atoms with Crippen molar-refractivity contribution >= 4 is 17.7 Å². The molecule has 15 heavy (non-hydrogen) atoms. The molecule has 0 aliphatic heterocycles. The number of carbonyl (C=O) groups excluding carboxylic acids is 1. The number of benzene rings is 1. The van der Waals surface area contributed by atoms with Gasteiger partial charge in [-0.1, -0.05) is 18.2 Å². The molecule has 0 bridgehead atoms. The monoisotopic (exact) mass is 227 g/mol. The molecule has 0 spiro atoms. The van der Waals surface area contributed by atoms with Gasteiger partial charge < -0.3 is 15.9 Å². The SMILES string of the molecule is CSc1ccccc1C(O)C(O)C(N)=O. The molecule has 0 saturated carbocycles. The highest BCUT2D eigenvalue weighted by Gasteiger charge is 2.24. The van der Waals surface area contributed by atoms with Gasteiger partial charge in [-0.25, -0.2) is 0 Å². The van der Waals surface area contributed by atoms with E-state index < -0.39 is 18.1 Å². The Morgan fingerprint density at radius 1 is 1.40 bits per heavy atom. The van der Waals surface area contributed by atoms with Crippen molar-refractivity contribution in [2.75, 3.05) is 6.26 Å². The number of hydrogen-bond donors (Lipinski definition) is 3. The second kappa shape index (κ2) is 5.16. The smallest absolute Gasteiger partial charge is 0.249 e. The largest absolute Gasteiger partial charge is 0.385 e. The van der Waals surface area contributed by atoms with E-state index in [1.165, 1.54) is 11.8 Å². The van der Waals surface area contributed by atoms with Gasteiger partial charge in [0, 0.05) is 4.90 Å². The van der Waals surface area contributed by atoms with Crippen LogP contribution in [0.2, 0.25) is 0 Å². The fourth-order valence-corrected chi connectivity index (χ4v) is 1.88. The summed E-state index contributed by atoms with van der Waals surface area (Å²) in [5.41, 5.74) is 5.42. The summed E-state index contributed by atoms with van der Waals surface area (Å²) in [6.07, 6.45) is -0.994. The second-order valence-corrected chi connectivity index (χ2v) is 3.88. The van der Waals surface area contributed by atoms with Gasteiger partial charge in [-0.3, -0.25) is 4.79 Å². The average Bonchev–Trinajstić information content (AvgIpc) is 2.26. The van der Waals surface area contributed by atoms with Crippen LogP contribution in [0, 0.1) is 0 Å². The summed E-state index contributed by atoms with van der Waals surface area (Å²) >= 11 is 1.43. The Morgan fingerprint density at radius 3 is 2.53 bits per heavy atom. The number of nitrogens with two attached hydrogens (primary N) is 1. The van der Waals surface area contributed by atoms with Gasteiger partial charge in [-0.05, 0) is 17.9 Å². The third-order valence-corrected chi connectivity index (χ3v) is 2.86. The number of rotatable bonds is 4. The van der Waals surface area contributed by atoms with Crippen LogP contribution in [-0.4, -0.2) is 28.5 Å². The molecule has 0 saturated heterocycles. The summed E-state index contributed by atoms with van der Waals surface area (Å²) in [4.78, 5) is 11.5. The maximum Gasteiger partial charge on any atom is 0.249 e. The van der Waals surface area contributed by atoms with E-state index in [1.807, 2.05) is 12.3 Å². The lowest BCUT2D eigenvalue weighted by atomic mass is 10.0. The Bertz CT molecular complexity index is 356. The Balaban J connectivity index is 2.99. The van der Waals surface area contributed by atoms with E-state index in [9.17, 15) is 15.0 Å². The Labute approximate surface area is 92.1 Å². The molecule has 4 N–H and O–H groups in total. The number of aliphatic hydroxyl groups is 2. The number of amides is 1. The summed E-state index contributed by atoms with van der Waals surface area (Å²) in [5, 5.41) is 19.0. The first-order valence-corrected chi connectivity index (χ1v) is 5.58. The van der Waals surface area contributed by atoms with Crippen molar-refractivity contribution in [1.82, 2.24) is 0 Å². The molecule has 5 heteroatoms. The molecule has 0 aliphatic rings. The van der Waals surface area contributed by atoms with E-state index in [1.54, 1.807) is 18.2 Å². The molecule has 0 radical (unpaired) electrons. The maximum atomic E-state index is 10.7. The first-order chi connectivity index (χ1) is 7.07. The fourth-order valence-electron chi connectivity index (χ4n) is 1.24. The normalized spacial score (nSPS) is 14.6. The Hall–Kier alpha value is -1.04. The standard InChI is InChI=1S/C10H13NO3S/c1-15-7-5-3-2-4-6(7)8(12)9(13)10(11)14/h2-5,8-9,12-13H,1H3,(H2,11,14). The molecule has 1 rings (SSSR count). The van der Waals surface area contributed by atoms with Crippen LogP contribution in [0.5, 0.6) is 0 Å². The fraction of sp³-hybridized carbons (Fsp3) is 0.300. The summed E-state index contributed by atoms with van der Waals surface area (Å²) < 4.78 is 0. The lowest BCUT2D eigenvalue weighted by molar-refractivity contribution is -0.132. The molecule has 2 unspecified atom stereocenters. The summed E-state index contributed by atoms with van der Waals surface area (Å²) in [6, 6.07) is 7.00. The van der Waals surface area contributed by atoms with Gasteiger partial charge in [0.1, 0.15) is 6.10 Å². The van der Waals surface area contributed by atoms with Gasteiger partial charge >= 0.3 is 0 Å². The zero-order valence-corrected chi connectivity index (χ0v) is 9.07. The maximum absolute atomic E-state index is 10.7. The van der Waals surface area contributed by atoms with Crippen molar-refractivity contribution in [3.63, 3.8) is 0 Å². The van der Waals surface area contributed by atoms with E-state index in [0.717, 1.165) is 4.90 Å². The van der Waals surface area contributed by atoms with E-state index in [2.05, 4.69) is 0 Å². The first kappa shape index (κ1) is 12.0. The number of carbonyl (C=O) groups is 1. The molecule has 82 valence electrons. The van der Waals surface area contributed by atoms with Crippen LogP contribution in [0.15, 0.2) is 29.2 Å². The highest BCUT2D eigenvalue weighted by molar-refractivity contribution is 7.98. The quantitative estimate of drug-likeness (QED) is 0.645. The van der Waals surface area contributed by atoms with Crippen LogP contribution >= 0.6 is 11.8 Å². The van der Waals surface area contributed by atoms with Crippen LogP contribution in [0.4, 0.5) is 0 Å². The number of hydrogen-bond acceptors (Lipinski definition) is 4. The third-order valence-electron chi connectivity index (χ3n) is 2.05. The Kier molecular flexibility index (Phi) is 4.14. The molecule has 2 atom stereocenters. The van der Waals surface area contributed by atoms with Crippen molar-refractivity contribution in [2.24, 2.45) is 5.73 Å². The predicted octanol–water partition coefficient (Wildman–Crippen LogP) is 0.288. The summed E-state index contributed by atoms with van der Waals surface area (Å²) in [5.74, 6) is -0.932. The summed E-state index contributed by atoms with van der Waals surface area (Å²) in [6.45, 7) is 0. The molecule has 1 aromatic rings. The summed E-state index contributed by atoms with van der Waals surface area (Å²) in [7, 11) is 0. The second-order valence-electron chi connectivity index (χ2n) is 3.03. The molecule has 0 aliphatic carbocycles. The molecular weight excluding hydrogens is 214 g/mol. The van der Waals surface area contributed by atoms with Crippen molar-refractivity contribution in [1.29, 1.82) is 0 Å². The van der Waals surface area contributed by atoms with Crippen molar-refractivity contribution in [3.8, 4) is 0 Å². The minimum absolute atomic E-state index is 0.510. The number of aliphatic hydroxyl groups excluding tert-OH is 2. The number of primary amides is 1. The molecule has 0 fully saturated rings. The minimum Gasteiger partial charge on any atom is -0.385 e. The van der Waals surface area contributed by atoms with E-state index in [-0.39, 0.29) is 0 Å². The minimum atomic E-state index is -1.57. The van der Waals surface area contributed by atoms with Crippen LogP contribution < -0.4 is 5.73 Å². The Morgan fingerprint density at radius 2 is 2.00 bits per heavy atom. The van der Waals surface area contributed by atoms with Crippen LogP contribution in [0.3, 0.4) is 0 Å². The highest BCUT2D eigenvalue weighted by Crippen LogP contribution is 2.27. The molecule has 0 heterocycles. The van der Waals surface area contributed by atoms with Gasteiger partial charge in [0.05, 0.1) is 0 Å². The van der Waals surface area contributed by atoms with Gasteiger partial charge in [0.2, 0.25) is 5.91 Å². The molecule has 1 amide bonds. The van der Waals surface area contributed by atoms with Crippen molar-refractivity contribution in [2.45, 2.75) is 17.1 Å². The van der Waals surface area contributed by atoms with Gasteiger partial charge in [-0.15, -0.1) is 11.8 Å². The van der Waals surface area contributed by atoms with Crippen LogP contribution in [0.25, 0.3) is 0 Å². The zero-order valence-electron chi connectivity index (χ0n) is 8.25. The lowest BCUT2D eigenvalue weighted by Gasteiger charge is -2.17. The van der Waals surface area contributed by atoms with Crippen molar-refractivity contribution < 1.29 is 15.0 Å². The highest BCUT2D eigenvalue weighted by atomic mass is 32.2. The van der Waals surface area contributed by atoms with E-state index in [0.29, 0.717) is 5.56 Å². The topological polar surface area (TPSA) is 83.6 Å². The zero-order chi connectivity index (χ0) is 11.4. The van der Waals surface area contributed by atoms with Gasteiger partial charge in [0.15, 0.2) is 6.10 Å². The predicted molar refractivity (Wildman–Crippen MR) is 58.4 cm³/mol.